The van der Waals surface area contributed by atoms with Crippen LogP contribution in [0.4, 0.5) is 13.2 Å². The minimum absolute atomic E-state index is 0.526. The molecule has 1 fully saturated rings. The highest BCUT2D eigenvalue weighted by Crippen LogP contribution is 2.29. The first-order valence-electron chi connectivity index (χ1n) is 5.50. The molecule has 1 aliphatic heterocycles. The Morgan fingerprint density at radius 3 is 2.59 bits per heavy atom. The summed E-state index contributed by atoms with van der Waals surface area (Å²) in [5.41, 5.74) is -0.0631. The Labute approximate surface area is 97.6 Å². The normalized spacial score (nSPS) is 18.3. The summed E-state index contributed by atoms with van der Waals surface area (Å²) in [5, 5.41) is 3.20. The first-order valence-corrected chi connectivity index (χ1v) is 5.50. The number of nitrogens with one attached hydrogen (secondary N) is 1. The maximum absolute atomic E-state index is 12.5. The minimum Gasteiger partial charge on any atom is -0.314 e. The van der Waals surface area contributed by atoms with E-state index in [0.29, 0.717) is 12.1 Å². The van der Waals surface area contributed by atoms with Crippen LogP contribution in [0.5, 0.6) is 0 Å². The monoisotopic (exact) mass is 245 g/mol. The van der Waals surface area contributed by atoms with E-state index in [0.717, 1.165) is 32.4 Å². The number of alkyl halides is 3. The van der Waals surface area contributed by atoms with E-state index in [9.17, 15) is 13.2 Å². The van der Waals surface area contributed by atoms with Crippen molar-refractivity contribution in [1.82, 2.24) is 15.2 Å². The van der Waals surface area contributed by atoms with Crippen molar-refractivity contribution in [3.63, 3.8) is 0 Å². The topological polar surface area (TPSA) is 28.2 Å². The number of aromatic nitrogens is 1. The van der Waals surface area contributed by atoms with Gasteiger partial charge in [-0.3, -0.25) is 9.88 Å². The number of nitrogens with zero attached hydrogens (tertiary/aromatic N) is 2. The Morgan fingerprint density at radius 1 is 1.24 bits per heavy atom. The summed E-state index contributed by atoms with van der Waals surface area (Å²) in [6, 6.07) is 1.18. The molecule has 17 heavy (non-hydrogen) atoms. The highest BCUT2D eigenvalue weighted by atomic mass is 19.4. The Bertz CT molecular complexity index is 372. The third-order valence-corrected chi connectivity index (χ3v) is 2.74. The predicted octanol–water partition coefficient (Wildman–Crippen LogP) is 1.51. The molecule has 1 aliphatic rings. The molecule has 0 unspecified atom stereocenters. The van der Waals surface area contributed by atoms with Gasteiger partial charge >= 0.3 is 6.18 Å². The van der Waals surface area contributed by atoms with Crippen molar-refractivity contribution in [2.24, 2.45) is 0 Å². The van der Waals surface area contributed by atoms with Crippen molar-refractivity contribution in [1.29, 1.82) is 0 Å². The van der Waals surface area contributed by atoms with Gasteiger partial charge in [-0.15, -0.1) is 0 Å². The molecule has 1 aromatic rings. The average Bonchev–Trinajstić information content (AvgIpc) is 2.29. The summed E-state index contributed by atoms with van der Waals surface area (Å²) in [4.78, 5) is 5.77. The van der Waals surface area contributed by atoms with Crippen LogP contribution in [0.3, 0.4) is 0 Å². The largest absolute Gasteiger partial charge is 0.417 e. The molecule has 3 nitrogen and oxygen atoms in total. The molecule has 0 bridgehead atoms. The number of pyridine rings is 1. The van der Waals surface area contributed by atoms with E-state index in [1.54, 1.807) is 0 Å². The van der Waals surface area contributed by atoms with Gasteiger partial charge in [-0.1, -0.05) is 0 Å². The van der Waals surface area contributed by atoms with Crippen LogP contribution in [0.25, 0.3) is 0 Å². The molecule has 0 atom stereocenters. The number of hydrogen-bond donors (Lipinski definition) is 1. The van der Waals surface area contributed by atoms with Crippen molar-refractivity contribution in [3.05, 3.63) is 29.6 Å². The first kappa shape index (κ1) is 12.3. The molecule has 2 rings (SSSR count). The summed E-state index contributed by atoms with van der Waals surface area (Å²) in [7, 11) is 0. The quantitative estimate of drug-likeness (QED) is 0.856. The fourth-order valence-electron chi connectivity index (χ4n) is 1.86. The molecule has 1 saturated heterocycles. The molecular weight excluding hydrogens is 231 g/mol. The Kier molecular flexibility index (Phi) is 3.63. The van der Waals surface area contributed by atoms with Gasteiger partial charge < -0.3 is 5.32 Å². The van der Waals surface area contributed by atoms with E-state index in [-0.39, 0.29) is 0 Å². The van der Waals surface area contributed by atoms with Gasteiger partial charge in [0.05, 0.1) is 5.56 Å². The predicted molar refractivity (Wildman–Crippen MR) is 57.4 cm³/mol. The molecule has 0 amide bonds. The van der Waals surface area contributed by atoms with Crippen LogP contribution in [0, 0.1) is 0 Å². The summed E-state index contributed by atoms with van der Waals surface area (Å²) >= 11 is 0. The minimum atomic E-state index is -4.31. The second-order valence-electron chi connectivity index (χ2n) is 4.11. The Morgan fingerprint density at radius 2 is 1.94 bits per heavy atom. The lowest BCUT2D eigenvalue weighted by Gasteiger charge is -2.27. The van der Waals surface area contributed by atoms with Gasteiger partial charge in [-0.25, -0.2) is 0 Å². The number of piperazine rings is 1. The van der Waals surface area contributed by atoms with Crippen LogP contribution in [-0.2, 0) is 12.7 Å². The molecule has 0 radical (unpaired) electrons. The van der Waals surface area contributed by atoms with Crippen molar-refractivity contribution in [2.75, 3.05) is 26.2 Å². The lowest BCUT2D eigenvalue weighted by molar-refractivity contribution is -0.137. The molecule has 0 aliphatic carbocycles. The van der Waals surface area contributed by atoms with Gasteiger partial charge in [0.25, 0.3) is 0 Å². The standard InChI is InChI=1S/C11H14F3N3/c12-11(13,14)10-5-9(6-16-7-10)8-17-3-1-15-2-4-17/h5-7,15H,1-4,8H2. The third kappa shape index (κ3) is 3.41. The fraction of sp³-hybridized carbons (Fsp3) is 0.545. The zero-order valence-corrected chi connectivity index (χ0v) is 9.30. The van der Waals surface area contributed by atoms with E-state index in [4.69, 9.17) is 0 Å². The van der Waals surface area contributed by atoms with Crippen molar-refractivity contribution < 1.29 is 13.2 Å². The van der Waals surface area contributed by atoms with E-state index in [1.807, 2.05) is 0 Å². The van der Waals surface area contributed by atoms with E-state index in [1.165, 1.54) is 12.3 Å². The molecule has 0 saturated carbocycles. The summed E-state index contributed by atoms with van der Waals surface area (Å²) < 4.78 is 37.4. The zero-order valence-electron chi connectivity index (χ0n) is 9.30. The van der Waals surface area contributed by atoms with Gasteiger partial charge in [0, 0.05) is 45.1 Å². The SMILES string of the molecule is FC(F)(F)c1cncc(CN2CCNCC2)c1. The smallest absolute Gasteiger partial charge is 0.314 e. The summed E-state index contributed by atoms with van der Waals surface area (Å²) in [6.07, 6.45) is -1.95. The van der Waals surface area contributed by atoms with Crippen LogP contribution in [0.15, 0.2) is 18.5 Å². The molecule has 0 spiro atoms. The molecule has 6 heteroatoms. The Balaban J connectivity index is 2.05. The molecule has 1 aromatic heterocycles. The van der Waals surface area contributed by atoms with Crippen LogP contribution >= 0.6 is 0 Å². The second kappa shape index (κ2) is 5.01. The Hall–Kier alpha value is -1.14. The van der Waals surface area contributed by atoms with Gasteiger partial charge in [0.1, 0.15) is 0 Å². The molecular formula is C11H14F3N3. The van der Waals surface area contributed by atoms with Gasteiger partial charge in [-0.2, -0.15) is 13.2 Å². The number of hydrogen-bond acceptors (Lipinski definition) is 3. The maximum Gasteiger partial charge on any atom is 0.417 e. The third-order valence-electron chi connectivity index (χ3n) is 2.74. The second-order valence-corrected chi connectivity index (χ2v) is 4.11. The molecule has 0 aromatic carbocycles. The highest BCUT2D eigenvalue weighted by molar-refractivity contribution is 5.20. The first-order chi connectivity index (χ1) is 8.05. The highest BCUT2D eigenvalue weighted by Gasteiger charge is 2.31. The van der Waals surface area contributed by atoms with Gasteiger partial charge in [-0.05, 0) is 11.6 Å². The van der Waals surface area contributed by atoms with Crippen LogP contribution in [-0.4, -0.2) is 36.1 Å². The van der Waals surface area contributed by atoms with Crippen molar-refractivity contribution in [3.8, 4) is 0 Å². The van der Waals surface area contributed by atoms with Gasteiger partial charge in [0.2, 0.25) is 0 Å². The number of rotatable bonds is 2. The average molecular weight is 245 g/mol. The van der Waals surface area contributed by atoms with Crippen LogP contribution in [0.1, 0.15) is 11.1 Å². The molecule has 2 heterocycles. The van der Waals surface area contributed by atoms with Crippen molar-refractivity contribution >= 4 is 0 Å². The summed E-state index contributed by atoms with van der Waals surface area (Å²) in [5.74, 6) is 0. The van der Waals surface area contributed by atoms with Crippen LogP contribution < -0.4 is 5.32 Å². The number of halogens is 3. The zero-order chi connectivity index (χ0) is 12.3. The maximum atomic E-state index is 12.5. The van der Waals surface area contributed by atoms with Gasteiger partial charge in [0.15, 0.2) is 0 Å². The van der Waals surface area contributed by atoms with E-state index >= 15 is 0 Å². The van der Waals surface area contributed by atoms with Crippen LogP contribution in [0.2, 0.25) is 0 Å². The van der Waals surface area contributed by atoms with Crippen molar-refractivity contribution in [2.45, 2.75) is 12.7 Å². The van der Waals surface area contributed by atoms with E-state index in [2.05, 4.69) is 15.2 Å². The molecule has 94 valence electrons. The summed E-state index contributed by atoms with van der Waals surface area (Å²) in [6.45, 7) is 4.00. The lowest BCUT2D eigenvalue weighted by Crippen LogP contribution is -2.42. The molecule has 1 N–H and O–H groups in total. The lowest BCUT2D eigenvalue weighted by atomic mass is 10.2. The fourth-order valence-corrected chi connectivity index (χ4v) is 1.86. The van der Waals surface area contributed by atoms with E-state index < -0.39 is 11.7 Å².